The number of nitrogens with one attached hydrogen (secondary N) is 1. The van der Waals surface area contributed by atoms with E-state index in [1.807, 2.05) is 6.92 Å². The lowest BCUT2D eigenvalue weighted by Crippen LogP contribution is -2.35. The third-order valence-electron chi connectivity index (χ3n) is 3.33. The number of carbonyl (C=O) groups is 2. The average molecular weight is 429 g/mol. The molecule has 0 aromatic heterocycles. The number of nitrogens with zero attached hydrogens (tertiary/aromatic N) is 1. The van der Waals surface area contributed by atoms with E-state index in [1.54, 1.807) is 18.2 Å². The van der Waals surface area contributed by atoms with E-state index in [1.165, 1.54) is 14.2 Å². The van der Waals surface area contributed by atoms with Crippen LogP contribution in [-0.2, 0) is 14.3 Å². The van der Waals surface area contributed by atoms with Crippen molar-refractivity contribution in [2.75, 3.05) is 27.4 Å². The Hall–Kier alpha value is -2.13. The normalized spacial score (nSPS) is 15.4. The zero-order valence-electron chi connectivity index (χ0n) is 13.9. The summed E-state index contributed by atoms with van der Waals surface area (Å²) < 4.78 is 16.1. The van der Waals surface area contributed by atoms with Gasteiger partial charge in [-0.3, -0.25) is 14.5 Å². The first-order chi connectivity index (χ1) is 11.9. The number of rotatable bonds is 6. The highest BCUT2D eigenvalue weighted by Crippen LogP contribution is 2.37. The van der Waals surface area contributed by atoms with Gasteiger partial charge >= 0.3 is 5.97 Å². The summed E-state index contributed by atoms with van der Waals surface area (Å²) in [7, 11) is 2.78. The van der Waals surface area contributed by atoms with Crippen LogP contribution in [0.3, 0.4) is 0 Å². The van der Waals surface area contributed by atoms with Crippen LogP contribution in [0.15, 0.2) is 22.3 Å². The van der Waals surface area contributed by atoms with Gasteiger partial charge in [0, 0.05) is 0 Å². The molecule has 1 aliphatic heterocycles. The first kappa shape index (κ1) is 19.2. The summed E-state index contributed by atoms with van der Waals surface area (Å²) >= 11 is 8.53. The molecule has 25 heavy (non-hydrogen) atoms. The summed E-state index contributed by atoms with van der Waals surface area (Å²) in [6.45, 7) is 2.13. The number of benzene rings is 1. The molecule has 0 radical (unpaired) electrons. The van der Waals surface area contributed by atoms with Crippen LogP contribution in [0, 0.1) is 0 Å². The Kier molecular flexibility index (Phi) is 6.38. The highest BCUT2D eigenvalue weighted by atomic mass is 79.9. The molecule has 0 saturated carbocycles. The van der Waals surface area contributed by atoms with E-state index in [0.29, 0.717) is 28.1 Å². The molecule has 0 spiro atoms. The molecule has 1 aliphatic rings. The number of thiocarbonyl (C=S) groups is 1. The van der Waals surface area contributed by atoms with E-state index in [4.69, 9.17) is 21.7 Å². The molecular weight excluding hydrogens is 412 g/mol. The Morgan fingerprint density at radius 3 is 2.72 bits per heavy atom. The monoisotopic (exact) mass is 428 g/mol. The predicted octanol–water partition coefficient (Wildman–Crippen LogP) is 2.09. The predicted molar refractivity (Wildman–Crippen MR) is 99.3 cm³/mol. The highest BCUT2D eigenvalue weighted by Gasteiger charge is 2.32. The minimum Gasteiger partial charge on any atom is -0.493 e. The Balaban J connectivity index is 2.31. The van der Waals surface area contributed by atoms with Crippen molar-refractivity contribution in [2.24, 2.45) is 0 Å². The van der Waals surface area contributed by atoms with Gasteiger partial charge in [-0.2, -0.15) is 0 Å². The number of hydrogen-bond donors (Lipinski definition) is 1. The van der Waals surface area contributed by atoms with Crippen LogP contribution < -0.4 is 14.8 Å². The van der Waals surface area contributed by atoms with Gasteiger partial charge in [-0.15, -0.1) is 0 Å². The van der Waals surface area contributed by atoms with Gasteiger partial charge < -0.3 is 19.5 Å². The molecule has 1 N–H and O–H groups in total. The number of ether oxygens (including phenoxy) is 3. The Morgan fingerprint density at radius 1 is 1.40 bits per heavy atom. The van der Waals surface area contributed by atoms with Crippen molar-refractivity contribution in [1.82, 2.24) is 10.2 Å². The third kappa shape index (κ3) is 4.29. The van der Waals surface area contributed by atoms with Crippen molar-refractivity contribution in [3.8, 4) is 11.5 Å². The standard InChI is InChI=1S/C16H17BrN2O5S/c1-4-24-14-10(17)5-9(7-12(14)22-2)6-11-15(21)19(16(25)18-11)8-13(20)23-3/h5-7H,4,8H2,1-3H3,(H,18,25)/b11-6-. The quantitative estimate of drug-likeness (QED) is 0.422. The van der Waals surface area contributed by atoms with Crippen LogP contribution in [-0.4, -0.2) is 49.3 Å². The van der Waals surface area contributed by atoms with Crippen molar-refractivity contribution >= 4 is 51.2 Å². The second-order valence-corrected chi connectivity index (χ2v) is 6.16. The minimum atomic E-state index is -0.552. The van der Waals surface area contributed by atoms with Gasteiger partial charge in [-0.1, -0.05) is 0 Å². The molecule has 7 nitrogen and oxygen atoms in total. The van der Waals surface area contributed by atoms with Crippen molar-refractivity contribution in [1.29, 1.82) is 0 Å². The number of amides is 1. The van der Waals surface area contributed by atoms with Gasteiger partial charge in [0.15, 0.2) is 16.6 Å². The summed E-state index contributed by atoms with van der Waals surface area (Å²) in [4.78, 5) is 25.0. The molecular formula is C16H17BrN2O5S. The minimum absolute atomic E-state index is 0.151. The molecule has 1 amide bonds. The fourth-order valence-corrected chi connectivity index (χ4v) is 3.01. The summed E-state index contributed by atoms with van der Waals surface area (Å²) in [6, 6.07) is 3.53. The Bertz CT molecular complexity index is 750. The van der Waals surface area contributed by atoms with Crippen LogP contribution in [0.2, 0.25) is 0 Å². The summed E-state index contributed by atoms with van der Waals surface area (Å²) in [5.74, 6) is 0.159. The van der Waals surface area contributed by atoms with Crippen LogP contribution >= 0.6 is 28.1 Å². The fraction of sp³-hybridized carbons (Fsp3) is 0.312. The van der Waals surface area contributed by atoms with Crippen LogP contribution in [0.25, 0.3) is 6.08 Å². The number of esters is 1. The zero-order chi connectivity index (χ0) is 18.6. The van der Waals surface area contributed by atoms with Crippen LogP contribution in [0.1, 0.15) is 12.5 Å². The van der Waals surface area contributed by atoms with Crippen LogP contribution in [0.5, 0.6) is 11.5 Å². The lowest BCUT2D eigenvalue weighted by molar-refractivity contribution is -0.143. The van der Waals surface area contributed by atoms with E-state index in [-0.39, 0.29) is 17.4 Å². The number of methoxy groups -OCH3 is 2. The van der Waals surface area contributed by atoms with E-state index in [0.717, 1.165) is 4.90 Å². The molecule has 1 fully saturated rings. The smallest absolute Gasteiger partial charge is 0.325 e. The maximum absolute atomic E-state index is 12.4. The largest absolute Gasteiger partial charge is 0.493 e. The number of halogens is 1. The number of hydrogen-bond acceptors (Lipinski definition) is 6. The van der Waals surface area contributed by atoms with Crippen LogP contribution in [0.4, 0.5) is 0 Å². The van der Waals surface area contributed by atoms with Crippen molar-refractivity contribution in [3.05, 3.63) is 27.9 Å². The highest BCUT2D eigenvalue weighted by molar-refractivity contribution is 9.10. The second-order valence-electron chi connectivity index (χ2n) is 4.92. The van der Waals surface area contributed by atoms with Crippen molar-refractivity contribution < 1.29 is 23.8 Å². The van der Waals surface area contributed by atoms with E-state index in [2.05, 4.69) is 26.0 Å². The molecule has 2 rings (SSSR count). The summed E-state index contributed by atoms with van der Waals surface area (Å²) in [6.07, 6.45) is 1.62. The molecule has 1 aromatic rings. The Labute approximate surface area is 159 Å². The molecule has 1 heterocycles. The van der Waals surface area contributed by atoms with Gasteiger partial charge in [0.1, 0.15) is 12.2 Å². The number of carbonyl (C=O) groups excluding carboxylic acids is 2. The van der Waals surface area contributed by atoms with E-state index in [9.17, 15) is 9.59 Å². The zero-order valence-corrected chi connectivity index (χ0v) is 16.3. The van der Waals surface area contributed by atoms with Gasteiger partial charge in [-0.25, -0.2) is 0 Å². The maximum atomic E-state index is 12.4. The fourth-order valence-electron chi connectivity index (χ4n) is 2.18. The van der Waals surface area contributed by atoms with Crippen molar-refractivity contribution in [2.45, 2.75) is 6.92 Å². The summed E-state index contributed by atoms with van der Waals surface area (Å²) in [5, 5.41) is 2.95. The van der Waals surface area contributed by atoms with Gasteiger partial charge in [0.2, 0.25) is 0 Å². The molecule has 134 valence electrons. The van der Waals surface area contributed by atoms with E-state index >= 15 is 0 Å². The van der Waals surface area contributed by atoms with Gasteiger partial charge in [0.25, 0.3) is 5.91 Å². The molecule has 9 heteroatoms. The van der Waals surface area contributed by atoms with E-state index < -0.39 is 11.9 Å². The molecule has 0 unspecified atom stereocenters. The lowest BCUT2D eigenvalue weighted by atomic mass is 10.1. The first-order valence-electron chi connectivity index (χ1n) is 7.33. The SMILES string of the molecule is CCOc1c(Br)cc(/C=C2\NC(=S)N(CC(=O)OC)C2=O)cc1OC. The van der Waals surface area contributed by atoms with Crippen molar-refractivity contribution in [3.63, 3.8) is 0 Å². The first-order valence-corrected chi connectivity index (χ1v) is 8.53. The Morgan fingerprint density at radius 2 is 2.12 bits per heavy atom. The lowest BCUT2D eigenvalue weighted by Gasteiger charge is -2.12. The molecule has 0 bridgehead atoms. The van der Waals surface area contributed by atoms with Gasteiger partial charge in [-0.05, 0) is 58.8 Å². The maximum Gasteiger partial charge on any atom is 0.325 e. The van der Waals surface area contributed by atoms with Gasteiger partial charge in [0.05, 0.1) is 25.3 Å². The topological polar surface area (TPSA) is 77.1 Å². The second kappa shape index (κ2) is 8.30. The summed E-state index contributed by atoms with van der Waals surface area (Å²) in [5.41, 5.74) is 0.956. The average Bonchev–Trinajstić information content (AvgIpc) is 2.84. The molecule has 1 saturated heterocycles. The third-order valence-corrected chi connectivity index (χ3v) is 4.24. The molecule has 0 atom stereocenters. The molecule has 1 aromatic carbocycles. The molecule has 0 aliphatic carbocycles.